The normalized spacial score (nSPS) is 13.9. The van der Waals surface area contributed by atoms with Crippen molar-refractivity contribution < 1.29 is 4.79 Å². The van der Waals surface area contributed by atoms with E-state index in [0.717, 1.165) is 5.56 Å². The zero-order chi connectivity index (χ0) is 8.55. The van der Waals surface area contributed by atoms with Gasteiger partial charge in [-0.15, -0.1) is 0 Å². The second-order valence-electron chi connectivity index (χ2n) is 2.49. The number of rotatable bonds is 0. The molecular weight excluding hydrogens is 174 g/mol. The zero-order valence-corrected chi connectivity index (χ0v) is 6.88. The van der Waals surface area contributed by atoms with Crippen LogP contribution in [0.5, 0.6) is 0 Å². The van der Waals surface area contributed by atoms with Crippen molar-refractivity contribution in [2.45, 2.75) is 0 Å². The summed E-state index contributed by atoms with van der Waals surface area (Å²) in [6, 6.07) is 5.23. The number of hydrogen-bond donors (Lipinski definition) is 0. The summed E-state index contributed by atoms with van der Waals surface area (Å²) < 4.78 is 0. The Hall–Kier alpha value is -1.28. The van der Waals surface area contributed by atoms with Crippen LogP contribution in [0.4, 0.5) is 5.69 Å². The van der Waals surface area contributed by atoms with Crippen molar-refractivity contribution in [3.63, 3.8) is 0 Å². The first-order valence-electron chi connectivity index (χ1n) is 3.49. The fraction of sp³-hybridized carbons (Fsp3) is 0. The summed E-state index contributed by atoms with van der Waals surface area (Å²) in [5, 5.41) is 4.46. The topological polar surface area (TPSA) is 31.2 Å². The summed E-state index contributed by atoms with van der Waals surface area (Å²) in [6.45, 7) is 0. The molecule has 0 spiro atoms. The van der Waals surface area contributed by atoms with Gasteiger partial charge in [-0.25, -0.2) is 5.32 Å². The molecule has 1 aliphatic rings. The minimum atomic E-state index is -0.218. The lowest BCUT2D eigenvalue weighted by Crippen LogP contribution is -2.10. The van der Waals surface area contributed by atoms with Crippen molar-refractivity contribution >= 4 is 29.3 Å². The molecule has 1 aliphatic heterocycles. The van der Waals surface area contributed by atoms with Gasteiger partial charge in [0.15, 0.2) is 0 Å². The number of halogens is 1. The predicted molar refractivity (Wildman–Crippen MR) is 47.3 cm³/mol. The van der Waals surface area contributed by atoms with Crippen LogP contribution in [0.2, 0.25) is 5.02 Å². The molecule has 0 fully saturated rings. The van der Waals surface area contributed by atoms with E-state index in [2.05, 4.69) is 5.32 Å². The van der Waals surface area contributed by atoms with Gasteiger partial charge in [0.05, 0.1) is 5.69 Å². The molecule has 0 aliphatic carbocycles. The van der Waals surface area contributed by atoms with E-state index < -0.39 is 0 Å². The second kappa shape index (κ2) is 2.64. The molecule has 12 heavy (non-hydrogen) atoms. The number of amides is 1. The Balaban J connectivity index is 2.54. The van der Waals surface area contributed by atoms with Gasteiger partial charge >= 0.3 is 0 Å². The third-order valence-electron chi connectivity index (χ3n) is 1.63. The number of benzene rings is 1. The summed E-state index contributed by atoms with van der Waals surface area (Å²) in [4.78, 5) is 10.8. The predicted octanol–water partition coefficient (Wildman–Crippen LogP) is 2.13. The second-order valence-corrected chi connectivity index (χ2v) is 2.92. The minimum absolute atomic E-state index is 0.218. The maximum Gasteiger partial charge on any atom is 0.270 e. The van der Waals surface area contributed by atoms with E-state index in [0.29, 0.717) is 10.7 Å². The van der Waals surface area contributed by atoms with Crippen molar-refractivity contribution in [2.75, 3.05) is 0 Å². The minimum Gasteiger partial charge on any atom is -0.267 e. The smallest absolute Gasteiger partial charge is 0.267 e. The summed E-state index contributed by atoms with van der Waals surface area (Å²) in [6.07, 6.45) is 3.15. The quantitative estimate of drug-likeness (QED) is 0.599. The molecule has 0 N–H and O–H groups in total. The summed E-state index contributed by atoms with van der Waals surface area (Å²) in [7, 11) is 0. The molecule has 0 saturated heterocycles. The fourth-order valence-corrected chi connectivity index (χ4v) is 1.26. The van der Waals surface area contributed by atoms with Gasteiger partial charge in [-0.2, -0.15) is 0 Å². The molecule has 1 aromatic rings. The van der Waals surface area contributed by atoms with Crippen LogP contribution in [0.25, 0.3) is 6.08 Å². The van der Waals surface area contributed by atoms with Crippen molar-refractivity contribution in [1.29, 1.82) is 0 Å². The van der Waals surface area contributed by atoms with E-state index in [4.69, 9.17) is 11.6 Å². The molecule has 0 bridgehead atoms. The molecule has 0 saturated carbocycles. The first-order chi connectivity index (χ1) is 5.75. The molecule has 0 unspecified atom stereocenters. The van der Waals surface area contributed by atoms with E-state index >= 15 is 0 Å². The van der Waals surface area contributed by atoms with Crippen LogP contribution in [0.3, 0.4) is 0 Å². The van der Waals surface area contributed by atoms with Crippen LogP contribution < -0.4 is 5.32 Å². The molecule has 1 radical (unpaired) electrons. The van der Waals surface area contributed by atoms with Crippen molar-refractivity contribution in [3.05, 3.63) is 34.9 Å². The largest absolute Gasteiger partial charge is 0.270 e. The van der Waals surface area contributed by atoms with Crippen LogP contribution in [-0.4, -0.2) is 5.91 Å². The number of carbonyl (C=O) groups excluding carboxylic acids is 1. The van der Waals surface area contributed by atoms with Gasteiger partial charge in [0, 0.05) is 16.7 Å². The average molecular weight is 179 g/mol. The monoisotopic (exact) mass is 178 g/mol. The molecule has 1 heterocycles. The van der Waals surface area contributed by atoms with E-state index in [-0.39, 0.29) is 5.91 Å². The number of carbonyl (C=O) groups is 1. The average Bonchev–Trinajstić information content (AvgIpc) is 2.05. The summed E-state index contributed by atoms with van der Waals surface area (Å²) >= 11 is 5.75. The zero-order valence-electron chi connectivity index (χ0n) is 6.12. The fourth-order valence-electron chi connectivity index (χ4n) is 1.08. The van der Waals surface area contributed by atoms with E-state index in [9.17, 15) is 4.79 Å². The molecule has 59 valence electrons. The molecule has 2 rings (SSSR count). The highest BCUT2D eigenvalue weighted by Crippen LogP contribution is 2.24. The Kier molecular flexibility index (Phi) is 1.62. The molecule has 2 nitrogen and oxygen atoms in total. The highest BCUT2D eigenvalue weighted by atomic mass is 35.5. The number of nitrogens with zero attached hydrogens (tertiary/aromatic N) is 1. The molecule has 0 atom stereocenters. The molecular formula is C9H5ClNO. The summed E-state index contributed by atoms with van der Waals surface area (Å²) in [5.41, 5.74) is 1.58. The highest BCUT2D eigenvalue weighted by Gasteiger charge is 2.10. The number of fused-ring (bicyclic) bond motifs is 1. The van der Waals surface area contributed by atoms with Crippen molar-refractivity contribution in [1.82, 2.24) is 5.32 Å². The van der Waals surface area contributed by atoms with Gasteiger partial charge in [-0.3, -0.25) is 4.79 Å². The van der Waals surface area contributed by atoms with E-state index in [1.807, 2.05) is 0 Å². The van der Waals surface area contributed by atoms with Crippen LogP contribution in [-0.2, 0) is 4.79 Å². The molecule has 3 heteroatoms. The lowest BCUT2D eigenvalue weighted by atomic mass is 10.1. The standard InChI is InChI=1S/C9H5ClNO/c10-7-2-3-8-6(5-7)1-4-9(12)11-8/h1-5H. The Labute approximate surface area is 74.8 Å². The van der Waals surface area contributed by atoms with E-state index in [1.54, 1.807) is 24.3 Å². The Morgan fingerprint density at radius 3 is 2.92 bits per heavy atom. The van der Waals surface area contributed by atoms with Crippen LogP contribution >= 0.6 is 11.6 Å². The highest BCUT2D eigenvalue weighted by molar-refractivity contribution is 6.30. The lowest BCUT2D eigenvalue weighted by Gasteiger charge is -2.08. The SMILES string of the molecule is O=C1C=Cc2cc(Cl)ccc2[N]1. The van der Waals surface area contributed by atoms with Crippen molar-refractivity contribution in [2.24, 2.45) is 0 Å². The Morgan fingerprint density at radius 1 is 1.25 bits per heavy atom. The van der Waals surface area contributed by atoms with Gasteiger partial charge in [-0.05, 0) is 24.3 Å². The summed E-state index contributed by atoms with van der Waals surface area (Å²) in [5.74, 6) is -0.218. The van der Waals surface area contributed by atoms with Gasteiger partial charge in [0.25, 0.3) is 5.91 Å². The third-order valence-corrected chi connectivity index (χ3v) is 1.86. The third kappa shape index (κ3) is 1.21. The molecule has 0 aromatic heterocycles. The first-order valence-corrected chi connectivity index (χ1v) is 3.87. The van der Waals surface area contributed by atoms with Crippen molar-refractivity contribution in [3.8, 4) is 0 Å². The van der Waals surface area contributed by atoms with Crippen LogP contribution in [0, 0.1) is 0 Å². The maximum absolute atomic E-state index is 10.8. The van der Waals surface area contributed by atoms with E-state index in [1.165, 1.54) is 6.08 Å². The first kappa shape index (κ1) is 7.37. The van der Waals surface area contributed by atoms with Gasteiger partial charge in [0.2, 0.25) is 0 Å². The van der Waals surface area contributed by atoms with Gasteiger partial charge in [0.1, 0.15) is 0 Å². The Morgan fingerprint density at radius 2 is 2.08 bits per heavy atom. The lowest BCUT2D eigenvalue weighted by molar-refractivity contribution is -0.115. The van der Waals surface area contributed by atoms with Gasteiger partial charge in [-0.1, -0.05) is 11.6 Å². The molecule has 1 amide bonds. The Bertz CT molecular complexity index is 371. The van der Waals surface area contributed by atoms with Crippen LogP contribution in [0.1, 0.15) is 5.56 Å². The van der Waals surface area contributed by atoms with Crippen LogP contribution in [0.15, 0.2) is 24.3 Å². The number of hydrogen-bond acceptors (Lipinski definition) is 1. The van der Waals surface area contributed by atoms with Gasteiger partial charge < -0.3 is 0 Å². The maximum atomic E-state index is 10.8. The molecule has 1 aromatic carbocycles.